The van der Waals surface area contributed by atoms with Gasteiger partial charge in [0.25, 0.3) is 0 Å². The minimum atomic E-state index is -0.177. The van der Waals surface area contributed by atoms with Gasteiger partial charge in [0.15, 0.2) is 0 Å². The van der Waals surface area contributed by atoms with Crippen LogP contribution in [0, 0.1) is 0 Å². The van der Waals surface area contributed by atoms with Crippen molar-refractivity contribution in [1.29, 1.82) is 0 Å². The molecule has 1 aliphatic rings. The van der Waals surface area contributed by atoms with Crippen molar-refractivity contribution in [2.75, 3.05) is 18.6 Å². The van der Waals surface area contributed by atoms with Crippen molar-refractivity contribution >= 4 is 17.7 Å². The molecule has 1 amide bonds. The Kier molecular flexibility index (Phi) is 5.47. The third kappa shape index (κ3) is 4.89. The van der Waals surface area contributed by atoms with Crippen LogP contribution in [0.4, 0.5) is 0 Å². The second-order valence-corrected chi connectivity index (χ2v) is 5.43. The van der Waals surface area contributed by atoms with Crippen LogP contribution in [0.3, 0.4) is 0 Å². The van der Waals surface area contributed by atoms with Crippen LogP contribution in [0.2, 0.25) is 0 Å². The fourth-order valence-corrected chi connectivity index (χ4v) is 2.28. The van der Waals surface area contributed by atoms with Crippen LogP contribution in [-0.4, -0.2) is 30.0 Å². The van der Waals surface area contributed by atoms with E-state index in [1.165, 1.54) is 18.6 Å². The lowest BCUT2D eigenvalue weighted by atomic mass is 9.75. The topological polar surface area (TPSA) is 55.1 Å². The summed E-state index contributed by atoms with van der Waals surface area (Å²) in [7, 11) is 0. The zero-order valence-corrected chi connectivity index (χ0v) is 10.4. The molecule has 88 valence electrons. The molecule has 0 radical (unpaired) electrons. The first-order chi connectivity index (χ1) is 7.16. The van der Waals surface area contributed by atoms with E-state index in [1.54, 1.807) is 0 Å². The Hall–Kier alpha value is -0.220. The zero-order chi connectivity index (χ0) is 11.1. The summed E-state index contributed by atoms with van der Waals surface area (Å²) in [4.78, 5) is 11.5. The van der Waals surface area contributed by atoms with Crippen molar-refractivity contribution in [3.05, 3.63) is 0 Å². The molecule has 0 atom stereocenters. The molecule has 0 saturated heterocycles. The maximum absolute atomic E-state index is 11.5. The quantitative estimate of drug-likeness (QED) is 0.652. The Bertz CT molecular complexity index is 205. The number of thioether (sulfide) groups is 1. The Morgan fingerprint density at radius 1 is 1.47 bits per heavy atom. The fraction of sp³-hybridized carbons (Fsp3) is 0.909. The average Bonchev–Trinajstić information content (AvgIpc) is 2.15. The van der Waals surface area contributed by atoms with Crippen molar-refractivity contribution in [2.24, 2.45) is 5.73 Å². The van der Waals surface area contributed by atoms with Crippen LogP contribution in [-0.2, 0) is 4.79 Å². The molecule has 0 heterocycles. The van der Waals surface area contributed by atoms with E-state index in [0.717, 1.165) is 25.8 Å². The van der Waals surface area contributed by atoms with Gasteiger partial charge in [-0.05, 0) is 44.1 Å². The van der Waals surface area contributed by atoms with Crippen LogP contribution in [0.25, 0.3) is 0 Å². The van der Waals surface area contributed by atoms with Crippen LogP contribution in [0.5, 0.6) is 0 Å². The molecule has 0 spiro atoms. The lowest BCUT2D eigenvalue weighted by Gasteiger charge is -2.37. The van der Waals surface area contributed by atoms with Gasteiger partial charge in [0.1, 0.15) is 0 Å². The molecule has 3 N–H and O–H groups in total. The number of amides is 1. The van der Waals surface area contributed by atoms with Crippen molar-refractivity contribution < 1.29 is 4.79 Å². The first-order valence-corrected chi connectivity index (χ1v) is 7.10. The molecular formula is C11H22N2OS. The molecule has 0 aromatic heterocycles. The molecule has 0 aromatic carbocycles. The van der Waals surface area contributed by atoms with Gasteiger partial charge in [0.05, 0.1) is 0 Å². The third-order valence-corrected chi connectivity index (χ3v) is 3.66. The van der Waals surface area contributed by atoms with E-state index in [9.17, 15) is 4.79 Å². The number of carbonyl (C=O) groups excluding carboxylic acids is 1. The van der Waals surface area contributed by atoms with Gasteiger partial charge in [-0.3, -0.25) is 4.79 Å². The summed E-state index contributed by atoms with van der Waals surface area (Å²) in [6.45, 7) is 0.801. The number of unbranched alkanes of at least 4 members (excludes halogenated alkanes) is 1. The molecule has 0 unspecified atom stereocenters. The van der Waals surface area contributed by atoms with E-state index >= 15 is 0 Å². The highest BCUT2D eigenvalue weighted by Crippen LogP contribution is 2.31. The van der Waals surface area contributed by atoms with Gasteiger partial charge in [0, 0.05) is 18.5 Å². The summed E-state index contributed by atoms with van der Waals surface area (Å²) < 4.78 is 0. The predicted octanol–water partition coefficient (Wildman–Crippen LogP) is 1.52. The smallest absolute Gasteiger partial charge is 0.221 e. The van der Waals surface area contributed by atoms with Gasteiger partial charge < -0.3 is 11.1 Å². The Balaban J connectivity index is 1.98. The van der Waals surface area contributed by atoms with Gasteiger partial charge >= 0.3 is 0 Å². The molecule has 1 aliphatic carbocycles. The minimum Gasteiger partial charge on any atom is -0.356 e. The second kappa shape index (κ2) is 6.38. The van der Waals surface area contributed by atoms with Crippen LogP contribution >= 0.6 is 11.8 Å². The van der Waals surface area contributed by atoms with Crippen LogP contribution in [0.1, 0.15) is 38.5 Å². The van der Waals surface area contributed by atoms with Crippen LogP contribution < -0.4 is 11.1 Å². The first kappa shape index (κ1) is 12.8. The van der Waals surface area contributed by atoms with E-state index in [0.29, 0.717) is 6.42 Å². The molecule has 1 fully saturated rings. The summed E-state index contributed by atoms with van der Waals surface area (Å²) in [6.07, 6.45) is 8.06. The Morgan fingerprint density at radius 2 is 2.20 bits per heavy atom. The summed E-state index contributed by atoms with van der Waals surface area (Å²) in [6, 6.07) is 0. The lowest BCUT2D eigenvalue weighted by molar-refractivity contribution is -0.123. The van der Waals surface area contributed by atoms with E-state index in [4.69, 9.17) is 5.73 Å². The summed E-state index contributed by atoms with van der Waals surface area (Å²) >= 11 is 1.85. The van der Waals surface area contributed by atoms with E-state index < -0.39 is 0 Å². The van der Waals surface area contributed by atoms with Gasteiger partial charge in [0.2, 0.25) is 5.91 Å². The van der Waals surface area contributed by atoms with Crippen molar-refractivity contribution in [1.82, 2.24) is 5.32 Å². The number of rotatable bonds is 7. The molecule has 15 heavy (non-hydrogen) atoms. The molecular weight excluding hydrogens is 208 g/mol. The number of hydrogen-bond acceptors (Lipinski definition) is 3. The Labute approximate surface area is 96.6 Å². The molecule has 0 aliphatic heterocycles. The highest BCUT2D eigenvalue weighted by atomic mass is 32.2. The second-order valence-electron chi connectivity index (χ2n) is 4.44. The summed E-state index contributed by atoms with van der Waals surface area (Å²) in [5, 5.41) is 2.94. The zero-order valence-electron chi connectivity index (χ0n) is 9.55. The third-order valence-electron chi connectivity index (χ3n) is 2.96. The number of nitrogens with two attached hydrogens (primary N) is 1. The number of hydrogen-bond donors (Lipinski definition) is 2. The number of nitrogens with one attached hydrogen (secondary N) is 1. The predicted molar refractivity (Wildman–Crippen MR) is 66.0 cm³/mol. The molecule has 3 nitrogen and oxygen atoms in total. The minimum absolute atomic E-state index is 0.126. The largest absolute Gasteiger partial charge is 0.356 e. The molecule has 4 heteroatoms. The van der Waals surface area contributed by atoms with Gasteiger partial charge in [-0.2, -0.15) is 11.8 Å². The van der Waals surface area contributed by atoms with E-state index in [2.05, 4.69) is 11.6 Å². The maximum atomic E-state index is 11.5. The Morgan fingerprint density at radius 3 is 2.73 bits per heavy atom. The highest BCUT2D eigenvalue weighted by molar-refractivity contribution is 7.98. The molecule has 1 saturated carbocycles. The van der Waals surface area contributed by atoms with Gasteiger partial charge in [-0.15, -0.1) is 0 Å². The average molecular weight is 230 g/mol. The lowest BCUT2D eigenvalue weighted by Crippen LogP contribution is -2.50. The summed E-state index contributed by atoms with van der Waals surface area (Å²) in [5.74, 6) is 1.30. The number of carbonyl (C=O) groups is 1. The summed E-state index contributed by atoms with van der Waals surface area (Å²) in [5.41, 5.74) is 5.81. The van der Waals surface area contributed by atoms with Gasteiger partial charge in [-0.25, -0.2) is 0 Å². The van der Waals surface area contributed by atoms with Crippen LogP contribution in [0.15, 0.2) is 0 Å². The molecule has 1 rings (SSSR count). The highest BCUT2D eigenvalue weighted by Gasteiger charge is 2.34. The monoisotopic (exact) mass is 230 g/mol. The normalized spacial score (nSPS) is 18.3. The SMILES string of the molecule is CSCCCCNC(=O)CC1(N)CCC1. The maximum Gasteiger partial charge on any atom is 0.221 e. The van der Waals surface area contributed by atoms with Crippen molar-refractivity contribution in [3.8, 4) is 0 Å². The first-order valence-electron chi connectivity index (χ1n) is 5.71. The van der Waals surface area contributed by atoms with E-state index in [-0.39, 0.29) is 11.4 Å². The molecule has 0 bridgehead atoms. The van der Waals surface area contributed by atoms with Gasteiger partial charge in [-0.1, -0.05) is 0 Å². The fourth-order valence-electron chi connectivity index (χ4n) is 1.79. The van der Waals surface area contributed by atoms with E-state index in [1.807, 2.05) is 11.8 Å². The van der Waals surface area contributed by atoms with Crippen molar-refractivity contribution in [3.63, 3.8) is 0 Å². The molecule has 0 aromatic rings. The van der Waals surface area contributed by atoms with Crippen molar-refractivity contribution in [2.45, 2.75) is 44.1 Å². The standard InChI is InChI=1S/C11H22N2OS/c1-15-8-3-2-7-13-10(14)9-11(12)5-4-6-11/h2-9,12H2,1H3,(H,13,14).